The van der Waals surface area contributed by atoms with Gasteiger partial charge in [-0.2, -0.15) is 0 Å². The Morgan fingerprint density at radius 3 is 2.32 bits per heavy atom. The van der Waals surface area contributed by atoms with Crippen LogP contribution >= 0.6 is 0 Å². The molecule has 0 aromatic heterocycles. The fourth-order valence-electron chi connectivity index (χ4n) is 3.05. The fraction of sp³-hybridized carbons (Fsp3) is 0.500. The average molecular weight is 349 g/mol. The van der Waals surface area contributed by atoms with Gasteiger partial charge in [-0.05, 0) is 37.0 Å². The SMILES string of the molecule is CCC(CC)NC(=O)CN1C(=O)NC(CC)(c2ccc(F)cc2)C1=O. The lowest BCUT2D eigenvalue weighted by Crippen LogP contribution is -2.46. The third-order valence-electron chi connectivity index (χ3n) is 4.70. The molecule has 0 spiro atoms. The van der Waals surface area contributed by atoms with Gasteiger partial charge in [0.05, 0.1) is 0 Å². The van der Waals surface area contributed by atoms with Crippen molar-refractivity contribution >= 4 is 17.8 Å². The van der Waals surface area contributed by atoms with Crippen molar-refractivity contribution in [2.75, 3.05) is 6.54 Å². The number of carbonyl (C=O) groups excluding carboxylic acids is 3. The summed E-state index contributed by atoms with van der Waals surface area (Å²) in [6, 6.07) is 4.84. The normalized spacial score (nSPS) is 20.1. The number of nitrogens with one attached hydrogen (secondary N) is 2. The molecule has 1 aromatic carbocycles. The summed E-state index contributed by atoms with van der Waals surface area (Å²) >= 11 is 0. The zero-order valence-corrected chi connectivity index (χ0v) is 14.8. The summed E-state index contributed by atoms with van der Waals surface area (Å²) in [7, 11) is 0. The van der Waals surface area contributed by atoms with Gasteiger partial charge in [-0.3, -0.25) is 14.5 Å². The van der Waals surface area contributed by atoms with Gasteiger partial charge in [0.15, 0.2) is 0 Å². The topological polar surface area (TPSA) is 78.5 Å². The molecule has 6 nitrogen and oxygen atoms in total. The number of hydrogen-bond donors (Lipinski definition) is 2. The second kappa shape index (κ2) is 7.63. The summed E-state index contributed by atoms with van der Waals surface area (Å²) in [6.45, 7) is 5.34. The molecule has 0 aliphatic carbocycles. The Labute approximate surface area is 146 Å². The predicted octanol–water partition coefficient (Wildman–Crippen LogP) is 2.29. The molecule has 2 rings (SSSR count). The highest BCUT2D eigenvalue weighted by Gasteiger charge is 2.51. The highest BCUT2D eigenvalue weighted by molar-refractivity contribution is 6.09. The standard InChI is InChI=1S/C18H24FN3O3/c1-4-14(5-2)20-15(23)11-22-16(24)18(6-3,21-17(22)25)12-7-9-13(19)10-8-12/h7-10,14H,4-6,11H2,1-3H3,(H,20,23)(H,21,25). The average Bonchev–Trinajstić information content (AvgIpc) is 2.85. The maximum absolute atomic E-state index is 13.2. The zero-order valence-electron chi connectivity index (χ0n) is 14.8. The van der Waals surface area contributed by atoms with Gasteiger partial charge in [0.2, 0.25) is 5.91 Å². The van der Waals surface area contributed by atoms with E-state index in [1.807, 2.05) is 13.8 Å². The molecule has 2 N–H and O–H groups in total. The van der Waals surface area contributed by atoms with E-state index in [4.69, 9.17) is 0 Å². The molecule has 7 heteroatoms. The van der Waals surface area contributed by atoms with E-state index in [-0.39, 0.29) is 18.5 Å². The van der Waals surface area contributed by atoms with E-state index >= 15 is 0 Å². The van der Waals surface area contributed by atoms with E-state index in [0.717, 1.165) is 17.7 Å². The van der Waals surface area contributed by atoms with Crippen LogP contribution in [-0.2, 0) is 15.1 Å². The Morgan fingerprint density at radius 2 is 1.80 bits per heavy atom. The van der Waals surface area contributed by atoms with Gasteiger partial charge in [0, 0.05) is 6.04 Å². The van der Waals surface area contributed by atoms with Gasteiger partial charge >= 0.3 is 6.03 Å². The van der Waals surface area contributed by atoms with Crippen LogP contribution in [-0.4, -0.2) is 35.3 Å². The summed E-state index contributed by atoms with van der Waals surface area (Å²) in [6.07, 6.45) is 1.85. The Balaban J connectivity index is 2.20. The van der Waals surface area contributed by atoms with Crippen molar-refractivity contribution in [2.45, 2.75) is 51.6 Å². The number of hydrogen-bond acceptors (Lipinski definition) is 3. The first-order valence-electron chi connectivity index (χ1n) is 8.57. The molecule has 1 aliphatic heterocycles. The van der Waals surface area contributed by atoms with Crippen molar-refractivity contribution in [2.24, 2.45) is 0 Å². The molecule has 1 unspecified atom stereocenters. The van der Waals surface area contributed by atoms with Crippen LogP contribution in [0.5, 0.6) is 0 Å². The van der Waals surface area contributed by atoms with Crippen molar-refractivity contribution in [3.63, 3.8) is 0 Å². The van der Waals surface area contributed by atoms with Gasteiger partial charge < -0.3 is 10.6 Å². The van der Waals surface area contributed by atoms with Crippen molar-refractivity contribution in [1.29, 1.82) is 0 Å². The first-order chi connectivity index (χ1) is 11.9. The van der Waals surface area contributed by atoms with Crippen molar-refractivity contribution in [3.05, 3.63) is 35.6 Å². The minimum absolute atomic E-state index is 0.0151. The van der Waals surface area contributed by atoms with E-state index in [2.05, 4.69) is 10.6 Å². The lowest BCUT2D eigenvalue weighted by atomic mass is 9.87. The lowest BCUT2D eigenvalue weighted by Gasteiger charge is -2.25. The quantitative estimate of drug-likeness (QED) is 0.742. The van der Waals surface area contributed by atoms with Gasteiger partial charge in [-0.25, -0.2) is 9.18 Å². The first kappa shape index (κ1) is 18.9. The second-order valence-electron chi connectivity index (χ2n) is 6.17. The second-order valence-corrected chi connectivity index (χ2v) is 6.17. The number of nitrogens with zero attached hydrogens (tertiary/aromatic N) is 1. The summed E-state index contributed by atoms with van der Waals surface area (Å²) < 4.78 is 13.2. The summed E-state index contributed by atoms with van der Waals surface area (Å²) in [5, 5.41) is 5.49. The highest BCUT2D eigenvalue weighted by atomic mass is 19.1. The van der Waals surface area contributed by atoms with E-state index in [1.54, 1.807) is 6.92 Å². The third kappa shape index (κ3) is 3.65. The Hall–Kier alpha value is -2.44. The van der Waals surface area contributed by atoms with Gasteiger partial charge in [0.1, 0.15) is 17.9 Å². The molecular formula is C18H24FN3O3. The Bertz CT molecular complexity index is 658. The van der Waals surface area contributed by atoms with Crippen molar-refractivity contribution < 1.29 is 18.8 Å². The Morgan fingerprint density at radius 1 is 1.20 bits per heavy atom. The lowest BCUT2D eigenvalue weighted by molar-refractivity contribution is -0.135. The van der Waals surface area contributed by atoms with E-state index in [0.29, 0.717) is 12.0 Å². The molecule has 1 atom stereocenters. The maximum atomic E-state index is 13.2. The maximum Gasteiger partial charge on any atom is 0.325 e. The molecule has 136 valence electrons. The zero-order chi connectivity index (χ0) is 18.6. The van der Waals surface area contributed by atoms with Gasteiger partial charge in [0.25, 0.3) is 5.91 Å². The largest absolute Gasteiger partial charge is 0.352 e. The van der Waals surface area contributed by atoms with Crippen LogP contribution in [0.2, 0.25) is 0 Å². The molecule has 1 heterocycles. The minimum atomic E-state index is -1.26. The monoisotopic (exact) mass is 349 g/mol. The fourth-order valence-corrected chi connectivity index (χ4v) is 3.05. The molecule has 1 saturated heterocycles. The number of benzene rings is 1. The van der Waals surface area contributed by atoms with Crippen molar-refractivity contribution in [1.82, 2.24) is 15.5 Å². The number of urea groups is 1. The molecule has 4 amide bonds. The number of rotatable bonds is 7. The molecule has 0 bridgehead atoms. The third-order valence-corrected chi connectivity index (χ3v) is 4.70. The number of halogens is 1. The van der Waals surface area contributed by atoms with E-state index in [9.17, 15) is 18.8 Å². The van der Waals surface area contributed by atoms with E-state index < -0.39 is 23.3 Å². The van der Waals surface area contributed by atoms with Crippen LogP contribution in [0.15, 0.2) is 24.3 Å². The van der Waals surface area contributed by atoms with Crippen LogP contribution in [0.25, 0.3) is 0 Å². The van der Waals surface area contributed by atoms with Crippen LogP contribution in [0.1, 0.15) is 45.6 Å². The first-order valence-corrected chi connectivity index (χ1v) is 8.57. The molecular weight excluding hydrogens is 325 g/mol. The smallest absolute Gasteiger partial charge is 0.325 e. The summed E-state index contributed by atoms with van der Waals surface area (Å²) in [5.41, 5.74) is -0.766. The molecule has 1 fully saturated rings. The Kier molecular flexibility index (Phi) is 5.77. The number of amides is 4. The van der Waals surface area contributed by atoms with Gasteiger partial charge in [-0.15, -0.1) is 0 Å². The molecule has 0 radical (unpaired) electrons. The predicted molar refractivity (Wildman–Crippen MR) is 91.1 cm³/mol. The van der Waals surface area contributed by atoms with Crippen LogP contribution in [0.3, 0.4) is 0 Å². The van der Waals surface area contributed by atoms with Crippen LogP contribution < -0.4 is 10.6 Å². The van der Waals surface area contributed by atoms with Crippen LogP contribution in [0, 0.1) is 5.82 Å². The molecule has 0 saturated carbocycles. The molecule has 25 heavy (non-hydrogen) atoms. The van der Waals surface area contributed by atoms with Crippen LogP contribution in [0.4, 0.5) is 9.18 Å². The molecule has 1 aliphatic rings. The number of carbonyl (C=O) groups is 3. The molecule has 1 aromatic rings. The number of imide groups is 1. The summed E-state index contributed by atoms with van der Waals surface area (Å²) in [5.74, 6) is -1.29. The summed E-state index contributed by atoms with van der Waals surface area (Å²) in [4.78, 5) is 38.3. The van der Waals surface area contributed by atoms with E-state index in [1.165, 1.54) is 24.3 Å². The van der Waals surface area contributed by atoms with Gasteiger partial charge in [-0.1, -0.05) is 32.9 Å². The highest BCUT2D eigenvalue weighted by Crippen LogP contribution is 2.32. The van der Waals surface area contributed by atoms with Crippen molar-refractivity contribution in [3.8, 4) is 0 Å². The minimum Gasteiger partial charge on any atom is -0.352 e.